The van der Waals surface area contributed by atoms with Gasteiger partial charge in [-0.25, -0.2) is 4.99 Å². The summed E-state index contributed by atoms with van der Waals surface area (Å²) in [5.41, 5.74) is 1.00. The molecule has 1 aromatic heterocycles. The van der Waals surface area contributed by atoms with E-state index in [-0.39, 0.29) is 11.5 Å². The second-order valence-electron chi connectivity index (χ2n) is 5.08. The first-order valence-electron chi connectivity index (χ1n) is 7.53. The number of ether oxygens (including phenoxy) is 1. The summed E-state index contributed by atoms with van der Waals surface area (Å²) >= 11 is 11.9. The first-order valence-corrected chi connectivity index (χ1v) is 8.29. The molecule has 24 heavy (non-hydrogen) atoms. The van der Waals surface area contributed by atoms with Crippen LogP contribution in [0.3, 0.4) is 0 Å². The van der Waals surface area contributed by atoms with E-state index in [0.717, 1.165) is 5.56 Å². The van der Waals surface area contributed by atoms with Crippen LogP contribution in [0.25, 0.3) is 0 Å². The van der Waals surface area contributed by atoms with Crippen LogP contribution < -0.4 is 10.6 Å². The number of nitrogens with zero attached hydrogens (tertiary/aromatic N) is 1. The monoisotopic (exact) mass is 369 g/mol. The molecule has 2 aromatic rings. The number of benzene rings is 1. The quantitative estimate of drug-likeness (QED) is 0.444. The molecule has 0 saturated heterocycles. The van der Waals surface area contributed by atoms with Gasteiger partial charge in [-0.15, -0.1) is 0 Å². The zero-order chi connectivity index (χ0) is 17.5. The minimum atomic E-state index is -0.204. The van der Waals surface area contributed by atoms with Gasteiger partial charge < -0.3 is 14.4 Å². The van der Waals surface area contributed by atoms with Crippen LogP contribution in [0.5, 0.6) is 0 Å². The van der Waals surface area contributed by atoms with Crippen molar-refractivity contribution >= 4 is 29.1 Å². The van der Waals surface area contributed by atoms with Gasteiger partial charge in [0.05, 0.1) is 17.2 Å². The highest BCUT2D eigenvalue weighted by Crippen LogP contribution is 2.19. The molecule has 0 amide bonds. The summed E-state index contributed by atoms with van der Waals surface area (Å²) in [6.07, 6.45) is 1.63. The Labute approximate surface area is 150 Å². The van der Waals surface area contributed by atoms with E-state index in [4.69, 9.17) is 27.9 Å². The fourth-order valence-corrected chi connectivity index (χ4v) is 2.57. The standard InChI is InChI=1S/C17H18Cl2N2O3/c1-2-24-8-7-21-6-5-12(9-16(21)22)17(23)20-11-13-3-4-14(18)10-15(13)19/h3-6,9-10H,2,7-8,11H2,1H3,(H,20,23)/p+1. The molecule has 2 rings (SSSR count). The minimum Gasteiger partial charge on any atom is -0.460 e. The van der Waals surface area contributed by atoms with Gasteiger partial charge in [0.2, 0.25) is 0 Å². The maximum atomic E-state index is 12.0. The molecular weight excluding hydrogens is 351 g/mol. The average Bonchev–Trinajstić information content (AvgIpc) is 2.55. The molecule has 0 fully saturated rings. The summed E-state index contributed by atoms with van der Waals surface area (Å²) in [6.45, 7) is 3.77. The van der Waals surface area contributed by atoms with E-state index in [1.165, 1.54) is 10.6 Å². The van der Waals surface area contributed by atoms with Crippen LogP contribution in [0.15, 0.2) is 41.3 Å². The minimum absolute atomic E-state index is 0.0879. The van der Waals surface area contributed by atoms with Crippen molar-refractivity contribution in [3.8, 4) is 0 Å². The number of aliphatic hydroxyl groups is 1. The molecule has 1 aromatic carbocycles. The molecule has 0 bridgehead atoms. The highest BCUT2D eigenvalue weighted by molar-refractivity contribution is 6.35. The maximum Gasteiger partial charge on any atom is 0.366 e. The lowest BCUT2D eigenvalue weighted by atomic mass is 10.2. The summed E-state index contributed by atoms with van der Waals surface area (Å²) in [5, 5.41) is 11.2. The Morgan fingerprint density at radius 2 is 2.08 bits per heavy atom. The van der Waals surface area contributed by atoms with Gasteiger partial charge in [0.25, 0.3) is 5.56 Å². The molecule has 0 aliphatic carbocycles. The van der Waals surface area contributed by atoms with E-state index < -0.39 is 0 Å². The van der Waals surface area contributed by atoms with E-state index >= 15 is 0 Å². The third-order valence-electron chi connectivity index (χ3n) is 3.41. The van der Waals surface area contributed by atoms with Crippen LogP contribution in [0.1, 0.15) is 18.1 Å². The average molecular weight is 370 g/mol. The number of aromatic nitrogens is 1. The second kappa shape index (κ2) is 8.87. The lowest BCUT2D eigenvalue weighted by Gasteiger charge is -2.05. The second-order valence-corrected chi connectivity index (χ2v) is 5.93. The molecule has 2 N–H and O–H groups in total. The third-order valence-corrected chi connectivity index (χ3v) is 4.00. The van der Waals surface area contributed by atoms with Gasteiger partial charge in [-0.05, 0) is 31.2 Å². The predicted octanol–water partition coefficient (Wildman–Crippen LogP) is 1.78. The summed E-state index contributed by atoms with van der Waals surface area (Å²) in [7, 11) is 0. The summed E-state index contributed by atoms with van der Waals surface area (Å²) in [4.78, 5) is 14.9. The van der Waals surface area contributed by atoms with Crippen molar-refractivity contribution in [2.45, 2.75) is 20.0 Å². The normalized spacial score (nSPS) is 11.7. The Kier molecular flexibility index (Phi) is 6.85. The largest absolute Gasteiger partial charge is 0.460 e. The van der Waals surface area contributed by atoms with Crippen LogP contribution in [0.4, 0.5) is 0 Å². The van der Waals surface area contributed by atoms with E-state index in [9.17, 15) is 9.90 Å². The van der Waals surface area contributed by atoms with Crippen LogP contribution in [0.2, 0.25) is 10.0 Å². The SMILES string of the molecule is CCOCCn1ccc(C(O)=[NH+]Cc2ccc(Cl)cc2Cl)cc1=O. The fraction of sp³-hybridized carbons (Fsp3) is 0.294. The molecule has 5 nitrogen and oxygen atoms in total. The molecule has 0 aliphatic rings. The van der Waals surface area contributed by atoms with E-state index in [1.54, 1.807) is 30.5 Å². The van der Waals surface area contributed by atoms with Crippen LogP contribution in [-0.2, 0) is 17.8 Å². The van der Waals surface area contributed by atoms with Gasteiger partial charge in [0.1, 0.15) is 0 Å². The van der Waals surface area contributed by atoms with Crippen molar-refractivity contribution in [1.29, 1.82) is 0 Å². The Morgan fingerprint density at radius 1 is 1.29 bits per heavy atom. The van der Waals surface area contributed by atoms with Gasteiger partial charge >= 0.3 is 5.90 Å². The first-order chi connectivity index (χ1) is 11.5. The molecule has 1 heterocycles. The summed E-state index contributed by atoms with van der Waals surface area (Å²) in [5.74, 6) is -0.0879. The number of pyridine rings is 1. The van der Waals surface area contributed by atoms with E-state index in [1.807, 2.05) is 6.92 Å². The third kappa shape index (κ3) is 5.09. The Bertz CT molecular complexity index is 788. The van der Waals surface area contributed by atoms with Crippen molar-refractivity contribution in [2.75, 3.05) is 13.2 Å². The summed E-state index contributed by atoms with van der Waals surface area (Å²) < 4.78 is 6.76. The van der Waals surface area contributed by atoms with Gasteiger partial charge in [0, 0.05) is 36.0 Å². The Balaban J connectivity index is 2.10. The lowest BCUT2D eigenvalue weighted by Crippen LogP contribution is -2.71. The maximum absolute atomic E-state index is 12.0. The number of halogens is 2. The number of nitrogens with one attached hydrogen (secondary N) is 1. The number of aliphatic hydroxyl groups excluding tert-OH is 1. The molecule has 128 valence electrons. The van der Waals surface area contributed by atoms with Gasteiger partial charge in [-0.2, -0.15) is 0 Å². The molecule has 0 spiro atoms. The van der Waals surface area contributed by atoms with Crippen molar-refractivity contribution in [1.82, 2.24) is 4.57 Å². The van der Waals surface area contributed by atoms with Crippen LogP contribution in [-0.4, -0.2) is 28.8 Å². The molecule has 0 unspecified atom stereocenters. The fourth-order valence-electron chi connectivity index (χ4n) is 2.09. The van der Waals surface area contributed by atoms with Crippen molar-refractivity contribution in [3.63, 3.8) is 0 Å². The number of hydrogen-bond donors (Lipinski definition) is 2. The first kappa shape index (κ1) is 18.5. The van der Waals surface area contributed by atoms with Crippen LogP contribution >= 0.6 is 23.2 Å². The molecule has 0 radical (unpaired) electrons. The highest BCUT2D eigenvalue weighted by atomic mass is 35.5. The molecule has 0 aliphatic heterocycles. The summed E-state index contributed by atoms with van der Waals surface area (Å²) in [6, 6.07) is 8.17. The van der Waals surface area contributed by atoms with Crippen LogP contribution in [0, 0.1) is 0 Å². The molecule has 0 saturated carbocycles. The lowest BCUT2D eigenvalue weighted by molar-refractivity contribution is -0.483. The topological polar surface area (TPSA) is 65.4 Å². The van der Waals surface area contributed by atoms with Crippen molar-refractivity contribution < 1.29 is 14.8 Å². The van der Waals surface area contributed by atoms with Gasteiger partial charge in [-0.3, -0.25) is 4.79 Å². The Morgan fingerprint density at radius 3 is 2.75 bits per heavy atom. The van der Waals surface area contributed by atoms with Gasteiger partial charge in [-0.1, -0.05) is 23.2 Å². The van der Waals surface area contributed by atoms with Crippen molar-refractivity contribution in [3.05, 3.63) is 68.1 Å². The van der Waals surface area contributed by atoms with Crippen molar-refractivity contribution in [2.24, 2.45) is 0 Å². The molecule has 0 atom stereocenters. The highest BCUT2D eigenvalue weighted by Gasteiger charge is 2.11. The number of hydrogen-bond acceptors (Lipinski definition) is 2. The Hall–Kier alpha value is -1.82. The number of rotatable bonds is 7. The zero-order valence-corrected chi connectivity index (χ0v) is 14.8. The smallest absolute Gasteiger partial charge is 0.366 e. The predicted molar refractivity (Wildman–Crippen MR) is 95.1 cm³/mol. The molecular formula is C17H19Cl2N2O3+. The van der Waals surface area contributed by atoms with E-state index in [0.29, 0.717) is 41.9 Å². The van der Waals surface area contributed by atoms with E-state index in [2.05, 4.69) is 4.99 Å². The van der Waals surface area contributed by atoms with Gasteiger partial charge in [0.15, 0.2) is 6.54 Å². The molecule has 7 heteroatoms. The zero-order valence-electron chi connectivity index (χ0n) is 13.3.